The maximum Gasteiger partial charge on any atom is 0.315 e. The molecule has 0 bridgehead atoms. The van der Waals surface area contributed by atoms with Crippen molar-refractivity contribution in [2.45, 2.75) is 6.42 Å². The molecule has 2 heterocycles. The summed E-state index contributed by atoms with van der Waals surface area (Å²) >= 11 is 0. The van der Waals surface area contributed by atoms with Gasteiger partial charge in [-0.1, -0.05) is 5.16 Å². The van der Waals surface area contributed by atoms with Crippen LogP contribution >= 0.6 is 0 Å². The number of nitrogens with zero attached hydrogens (tertiary/aromatic N) is 4. The molecule has 0 saturated heterocycles. The summed E-state index contributed by atoms with van der Waals surface area (Å²) in [5, 5.41) is 3.69. The van der Waals surface area contributed by atoms with Crippen LogP contribution in [0.15, 0.2) is 23.1 Å². The molecule has 2 aromatic rings. The Balaban J connectivity index is 2.17. The molecule has 0 N–H and O–H groups in total. The molecule has 0 aliphatic rings. The van der Waals surface area contributed by atoms with Gasteiger partial charge in [-0.05, 0) is 6.07 Å². The minimum Gasteiger partial charge on any atom is -0.469 e. The molecular formula is C9H8N4O3. The van der Waals surface area contributed by atoms with Gasteiger partial charge in [0, 0.05) is 6.20 Å². The number of hydrogen-bond acceptors (Lipinski definition) is 7. The van der Waals surface area contributed by atoms with Crippen molar-refractivity contribution >= 4 is 5.97 Å². The van der Waals surface area contributed by atoms with Gasteiger partial charge in [0.2, 0.25) is 11.7 Å². The van der Waals surface area contributed by atoms with E-state index < -0.39 is 5.97 Å². The zero-order chi connectivity index (χ0) is 11.4. The van der Waals surface area contributed by atoms with E-state index in [-0.39, 0.29) is 12.3 Å². The fourth-order valence-corrected chi connectivity index (χ4v) is 1.05. The monoisotopic (exact) mass is 220 g/mol. The topological polar surface area (TPSA) is 91.0 Å². The quantitative estimate of drug-likeness (QED) is 0.684. The zero-order valence-electron chi connectivity index (χ0n) is 8.45. The molecule has 7 heteroatoms. The van der Waals surface area contributed by atoms with Crippen LogP contribution in [0.1, 0.15) is 5.89 Å². The fraction of sp³-hybridized carbons (Fsp3) is 0.222. The number of ether oxygens (including phenoxy) is 1. The number of rotatable bonds is 3. The van der Waals surface area contributed by atoms with Crippen LogP contribution in [0.3, 0.4) is 0 Å². The number of hydrogen-bond donors (Lipinski definition) is 0. The van der Waals surface area contributed by atoms with Crippen molar-refractivity contribution in [2.24, 2.45) is 0 Å². The third kappa shape index (κ3) is 2.19. The van der Waals surface area contributed by atoms with Crippen molar-refractivity contribution in [1.82, 2.24) is 20.1 Å². The van der Waals surface area contributed by atoms with Crippen molar-refractivity contribution in [3.8, 4) is 11.5 Å². The highest BCUT2D eigenvalue weighted by atomic mass is 16.5. The lowest BCUT2D eigenvalue weighted by molar-refractivity contribution is -0.140. The van der Waals surface area contributed by atoms with E-state index in [1.165, 1.54) is 13.4 Å². The number of aromatic nitrogens is 4. The summed E-state index contributed by atoms with van der Waals surface area (Å²) in [7, 11) is 1.30. The first kappa shape index (κ1) is 10.2. The highest BCUT2D eigenvalue weighted by molar-refractivity contribution is 5.71. The first-order valence-corrected chi connectivity index (χ1v) is 4.45. The molecular weight excluding hydrogens is 212 g/mol. The van der Waals surface area contributed by atoms with Gasteiger partial charge in [0.1, 0.15) is 18.4 Å². The van der Waals surface area contributed by atoms with E-state index in [1.54, 1.807) is 12.3 Å². The van der Waals surface area contributed by atoms with E-state index in [9.17, 15) is 4.79 Å². The molecule has 0 saturated carbocycles. The lowest BCUT2D eigenvalue weighted by Gasteiger charge is -1.91. The van der Waals surface area contributed by atoms with E-state index in [4.69, 9.17) is 4.52 Å². The first-order valence-electron chi connectivity index (χ1n) is 4.45. The molecule has 0 radical (unpaired) electrons. The van der Waals surface area contributed by atoms with E-state index in [0.717, 1.165) is 0 Å². The summed E-state index contributed by atoms with van der Waals surface area (Å²) in [6, 6.07) is 1.65. The highest BCUT2D eigenvalue weighted by Gasteiger charge is 2.12. The Morgan fingerprint density at radius 3 is 3.12 bits per heavy atom. The Kier molecular flexibility index (Phi) is 2.86. The molecule has 0 aromatic carbocycles. The van der Waals surface area contributed by atoms with Gasteiger partial charge in [-0.25, -0.2) is 9.97 Å². The standard InChI is InChI=1S/C9H8N4O3/c1-15-8(14)4-7-12-9(13-16-7)6-2-3-10-5-11-6/h2-3,5H,4H2,1H3. The molecule has 2 aromatic heterocycles. The molecule has 0 aliphatic heterocycles. The Bertz CT molecular complexity index is 483. The Labute approximate surface area is 90.5 Å². The minimum absolute atomic E-state index is 0.0470. The number of methoxy groups -OCH3 is 1. The predicted octanol–water partition coefficient (Wildman–Crippen LogP) is 0.242. The van der Waals surface area contributed by atoms with Crippen LogP contribution in [0.5, 0.6) is 0 Å². The smallest absolute Gasteiger partial charge is 0.315 e. The van der Waals surface area contributed by atoms with Crippen molar-refractivity contribution in [3.05, 3.63) is 24.5 Å². The third-order valence-electron chi connectivity index (χ3n) is 1.80. The summed E-state index contributed by atoms with van der Waals surface area (Å²) in [6.07, 6.45) is 2.90. The number of esters is 1. The van der Waals surface area contributed by atoms with Gasteiger partial charge in [-0.3, -0.25) is 4.79 Å². The number of carbonyl (C=O) groups excluding carboxylic acids is 1. The summed E-state index contributed by atoms with van der Waals surface area (Å²) < 4.78 is 9.35. The largest absolute Gasteiger partial charge is 0.469 e. The van der Waals surface area contributed by atoms with Crippen LogP contribution in [0.2, 0.25) is 0 Å². The van der Waals surface area contributed by atoms with Gasteiger partial charge < -0.3 is 9.26 Å². The summed E-state index contributed by atoms with van der Waals surface area (Å²) in [5.74, 6) is 0.0830. The van der Waals surface area contributed by atoms with E-state index in [1.807, 2.05) is 0 Å². The maximum atomic E-state index is 11.0. The molecule has 0 aliphatic carbocycles. The van der Waals surface area contributed by atoms with Gasteiger partial charge in [0.25, 0.3) is 0 Å². The Morgan fingerprint density at radius 1 is 1.56 bits per heavy atom. The zero-order valence-corrected chi connectivity index (χ0v) is 8.45. The van der Waals surface area contributed by atoms with Crippen molar-refractivity contribution < 1.29 is 14.1 Å². The third-order valence-corrected chi connectivity index (χ3v) is 1.80. The van der Waals surface area contributed by atoms with Gasteiger partial charge >= 0.3 is 5.97 Å². The van der Waals surface area contributed by atoms with Gasteiger partial charge in [0.05, 0.1) is 7.11 Å². The SMILES string of the molecule is COC(=O)Cc1nc(-c2ccncn2)no1. The van der Waals surface area contributed by atoms with Crippen LogP contribution in [0, 0.1) is 0 Å². The second-order valence-electron chi connectivity index (χ2n) is 2.86. The number of carbonyl (C=O) groups is 1. The average Bonchev–Trinajstić information content (AvgIpc) is 2.78. The molecule has 0 unspecified atom stereocenters. The van der Waals surface area contributed by atoms with Gasteiger partial charge in [-0.2, -0.15) is 4.98 Å². The van der Waals surface area contributed by atoms with Crippen molar-refractivity contribution in [1.29, 1.82) is 0 Å². The lowest BCUT2D eigenvalue weighted by Crippen LogP contribution is -2.04. The Morgan fingerprint density at radius 2 is 2.44 bits per heavy atom. The normalized spacial score (nSPS) is 10.1. The molecule has 82 valence electrons. The van der Waals surface area contributed by atoms with E-state index >= 15 is 0 Å². The lowest BCUT2D eigenvalue weighted by atomic mass is 10.4. The minimum atomic E-state index is -0.433. The predicted molar refractivity (Wildman–Crippen MR) is 51.0 cm³/mol. The van der Waals surface area contributed by atoms with Crippen molar-refractivity contribution in [3.63, 3.8) is 0 Å². The Hall–Kier alpha value is -2.31. The maximum absolute atomic E-state index is 11.0. The summed E-state index contributed by atoms with van der Waals surface area (Å²) in [4.78, 5) is 22.7. The van der Waals surface area contributed by atoms with E-state index in [2.05, 4.69) is 24.8 Å². The fourth-order valence-electron chi connectivity index (χ4n) is 1.05. The van der Waals surface area contributed by atoms with Crippen molar-refractivity contribution in [2.75, 3.05) is 7.11 Å². The highest BCUT2D eigenvalue weighted by Crippen LogP contribution is 2.11. The van der Waals surface area contributed by atoms with Crippen LogP contribution in [0.4, 0.5) is 0 Å². The van der Waals surface area contributed by atoms with Crippen LogP contribution in [0.25, 0.3) is 11.5 Å². The molecule has 16 heavy (non-hydrogen) atoms. The van der Waals surface area contributed by atoms with Crippen LogP contribution < -0.4 is 0 Å². The second kappa shape index (κ2) is 4.47. The molecule has 2 rings (SSSR count). The molecule has 0 spiro atoms. The second-order valence-corrected chi connectivity index (χ2v) is 2.86. The van der Waals surface area contributed by atoms with E-state index in [0.29, 0.717) is 11.5 Å². The van der Waals surface area contributed by atoms with Crippen LogP contribution in [-0.2, 0) is 16.0 Å². The summed E-state index contributed by atoms with van der Waals surface area (Å²) in [5.41, 5.74) is 0.537. The molecule has 0 atom stereocenters. The van der Waals surface area contributed by atoms with Gasteiger partial charge in [-0.15, -0.1) is 0 Å². The van der Waals surface area contributed by atoms with Crippen LogP contribution in [-0.4, -0.2) is 33.2 Å². The first-order chi connectivity index (χ1) is 7.79. The molecule has 0 fully saturated rings. The molecule has 7 nitrogen and oxygen atoms in total. The molecule has 0 amide bonds. The van der Waals surface area contributed by atoms with Gasteiger partial charge in [0.15, 0.2) is 0 Å². The average molecular weight is 220 g/mol. The summed E-state index contributed by atoms with van der Waals surface area (Å²) in [6.45, 7) is 0.